The topological polar surface area (TPSA) is 3.24 Å². The minimum Gasteiger partial charge on any atom is -0.306 e. The molecule has 0 aromatic carbocycles. The molecule has 4 unspecified atom stereocenters. The van der Waals surface area contributed by atoms with Gasteiger partial charge in [-0.15, -0.1) is 0 Å². The van der Waals surface area contributed by atoms with Crippen molar-refractivity contribution in [2.75, 3.05) is 20.1 Å². The molecule has 0 aromatic rings. The Hall–Kier alpha value is -0.300. The number of nitrogens with zero attached hydrogens (tertiary/aromatic N) is 1. The summed E-state index contributed by atoms with van der Waals surface area (Å²) in [4.78, 5) is 2.52. The van der Waals surface area contributed by atoms with E-state index in [2.05, 4.69) is 31.9 Å². The Morgan fingerprint density at radius 3 is 3.00 bits per heavy atom. The van der Waals surface area contributed by atoms with Gasteiger partial charge in [-0.25, -0.2) is 0 Å². The Labute approximate surface area is 99.9 Å². The molecule has 0 N–H and O–H groups in total. The van der Waals surface area contributed by atoms with Crippen LogP contribution < -0.4 is 0 Å². The Morgan fingerprint density at radius 1 is 1.44 bits per heavy atom. The molecule has 3 rings (SSSR count). The quantitative estimate of drug-likeness (QED) is 0.658. The molecule has 3 aliphatic rings. The van der Waals surface area contributed by atoms with Crippen molar-refractivity contribution in [3.8, 4) is 0 Å². The molecule has 2 saturated carbocycles. The molecule has 90 valence electrons. The van der Waals surface area contributed by atoms with E-state index >= 15 is 0 Å². The Bertz CT molecular complexity index is 319. The summed E-state index contributed by atoms with van der Waals surface area (Å²) < 4.78 is 0. The summed E-state index contributed by atoms with van der Waals surface area (Å²) in [5.41, 5.74) is 2.51. The Morgan fingerprint density at radius 2 is 2.25 bits per heavy atom. The van der Waals surface area contributed by atoms with E-state index in [0.29, 0.717) is 5.41 Å². The zero-order chi connectivity index (χ0) is 11.3. The smallest absolute Gasteiger partial charge is 0.00437 e. The molecule has 2 fully saturated rings. The molecule has 1 nitrogen and oxygen atoms in total. The molecule has 0 amide bonds. The first-order chi connectivity index (χ1) is 7.63. The van der Waals surface area contributed by atoms with Crippen LogP contribution in [0, 0.1) is 23.2 Å². The molecule has 3 aliphatic carbocycles. The predicted molar refractivity (Wildman–Crippen MR) is 68.3 cm³/mol. The maximum Gasteiger partial charge on any atom is 0.00437 e. The van der Waals surface area contributed by atoms with Gasteiger partial charge in [0.15, 0.2) is 0 Å². The summed E-state index contributed by atoms with van der Waals surface area (Å²) >= 11 is 0. The molecular formula is C15H25N. The van der Waals surface area contributed by atoms with Gasteiger partial charge in [-0.2, -0.15) is 0 Å². The average Bonchev–Trinajstić information content (AvgIpc) is 2.39. The van der Waals surface area contributed by atoms with E-state index in [1.54, 1.807) is 0 Å². The van der Waals surface area contributed by atoms with Gasteiger partial charge in [0.2, 0.25) is 0 Å². The van der Waals surface area contributed by atoms with E-state index in [1.807, 2.05) is 5.57 Å². The van der Waals surface area contributed by atoms with Gasteiger partial charge >= 0.3 is 0 Å². The van der Waals surface area contributed by atoms with Crippen molar-refractivity contribution in [2.24, 2.45) is 23.2 Å². The van der Waals surface area contributed by atoms with Gasteiger partial charge in [-0.1, -0.05) is 25.5 Å². The minimum atomic E-state index is 0.696. The standard InChI is InChI=1S/C15H25N/c1-4-16(3)10-15-8-12-5-11(2)6-13(9-15)14(15)7-12/h6,11-12,14H,4-5,7-10H2,1-3H3. The highest BCUT2D eigenvalue weighted by Crippen LogP contribution is 2.65. The van der Waals surface area contributed by atoms with E-state index in [0.717, 1.165) is 17.8 Å². The van der Waals surface area contributed by atoms with Crippen LogP contribution in [0.4, 0.5) is 0 Å². The van der Waals surface area contributed by atoms with Gasteiger partial charge in [0.1, 0.15) is 0 Å². The van der Waals surface area contributed by atoms with Gasteiger partial charge in [0, 0.05) is 6.54 Å². The lowest BCUT2D eigenvalue weighted by molar-refractivity contribution is 0.0809. The van der Waals surface area contributed by atoms with Crippen molar-refractivity contribution in [2.45, 2.75) is 39.5 Å². The van der Waals surface area contributed by atoms with Crippen LogP contribution in [0.15, 0.2) is 11.6 Å². The second-order valence-electron chi connectivity index (χ2n) is 6.68. The number of rotatable bonds is 3. The molecule has 0 aromatic heterocycles. The summed E-state index contributed by atoms with van der Waals surface area (Å²) in [6.45, 7) is 7.23. The van der Waals surface area contributed by atoms with Crippen molar-refractivity contribution >= 4 is 0 Å². The maximum atomic E-state index is 2.61. The van der Waals surface area contributed by atoms with Crippen molar-refractivity contribution < 1.29 is 0 Å². The Kier molecular flexibility index (Phi) is 2.43. The van der Waals surface area contributed by atoms with E-state index in [-0.39, 0.29) is 0 Å². The van der Waals surface area contributed by atoms with Crippen molar-refractivity contribution in [3.05, 3.63) is 11.6 Å². The third-order valence-corrected chi connectivity index (χ3v) is 5.34. The third-order valence-electron chi connectivity index (χ3n) is 5.34. The monoisotopic (exact) mass is 219 g/mol. The fourth-order valence-corrected chi connectivity index (χ4v) is 4.72. The molecule has 2 bridgehead atoms. The lowest BCUT2D eigenvalue weighted by Crippen LogP contribution is -2.46. The largest absolute Gasteiger partial charge is 0.306 e. The second kappa shape index (κ2) is 3.60. The van der Waals surface area contributed by atoms with Crippen LogP contribution in [0.25, 0.3) is 0 Å². The van der Waals surface area contributed by atoms with Crippen LogP contribution in [-0.4, -0.2) is 25.0 Å². The van der Waals surface area contributed by atoms with Crippen LogP contribution >= 0.6 is 0 Å². The number of fused-ring (bicyclic) bond motifs is 1. The summed E-state index contributed by atoms with van der Waals surface area (Å²) in [6, 6.07) is 0. The van der Waals surface area contributed by atoms with Crippen LogP contribution in [0.5, 0.6) is 0 Å². The predicted octanol–water partition coefficient (Wildman–Crippen LogP) is 3.32. The van der Waals surface area contributed by atoms with Gasteiger partial charge < -0.3 is 4.90 Å². The molecular weight excluding hydrogens is 194 g/mol. The Balaban J connectivity index is 1.80. The molecule has 0 saturated heterocycles. The summed E-state index contributed by atoms with van der Waals surface area (Å²) in [7, 11) is 2.29. The SMILES string of the molecule is CCN(C)CC12CC3=CC(C)CC(CC31)C2. The molecule has 0 radical (unpaired) electrons. The van der Waals surface area contributed by atoms with Gasteiger partial charge in [-0.05, 0) is 62.4 Å². The lowest BCUT2D eigenvalue weighted by Gasteiger charge is -2.50. The fraction of sp³-hybridized carbons (Fsp3) is 0.867. The normalized spacial score (nSPS) is 45.2. The average molecular weight is 219 g/mol. The van der Waals surface area contributed by atoms with Crippen LogP contribution in [0.3, 0.4) is 0 Å². The first-order valence-corrected chi connectivity index (χ1v) is 7.02. The number of hydrogen-bond acceptors (Lipinski definition) is 1. The number of allylic oxidation sites excluding steroid dienone is 2. The van der Waals surface area contributed by atoms with E-state index in [9.17, 15) is 0 Å². The maximum absolute atomic E-state index is 2.61. The van der Waals surface area contributed by atoms with Crippen molar-refractivity contribution in [1.29, 1.82) is 0 Å². The van der Waals surface area contributed by atoms with Gasteiger partial charge in [0.05, 0.1) is 0 Å². The summed E-state index contributed by atoms with van der Waals surface area (Å²) in [5, 5.41) is 0. The molecule has 4 atom stereocenters. The van der Waals surface area contributed by atoms with E-state index in [4.69, 9.17) is 0 Å². The fourth-order valence-electron chi connectivity index (χ4n) is 4.72. The highest BCUT2D eigenvalue weighted by molar-refractivity contribution is 5.30. The van der Waals surface area contributed by atoms with E-state index in [1.165, 1.54) is 38.8 Å². The zero-order valence-corrected chi connectivity index (χ0v) is 11.0. The van der Waals surface area contributed by atoms with E-state index < -0.39 is 0 Å². The molecule has 0 heterocycles. The van der Waals surface area contributed by atoms with Gasteiger partial charge in [0.25, 0.3) is 0 Å². The minimum absolute atomic E-state index is 0.696. The van der Waals surface area contributed by atoms with Gasteiger partial charge in [-0.3, -0.25) is 0 Å². The van der Waals surface area contributed by atoms with Crippen molar-refractivity contribution in [3.63, 3.8) is 0 Å². The first-order valence-electron chi connectivity index (χ1n) is 7.02. The molecule has 0 spiro atoms. The van der Waals surface area contributed by atoms with Crippen LogP contribution in [0.2, 0.25) is 0 Å². The highest BCUT2D eigenvalue weighted by Gasteiger charge is 2.57. The summed E-state index contributed by atoms with van der Waals surface area (Å²) in [6.07, 6.45) is 8.51. The molecule has 0 aliphatic heterocycles. The van der Waals surface area contributed by atoms with Crippen LogP contribution in [-0.2, 0) is 0 Å². The molecule has 16 heavy (non-hydrogen) atoms. The zero-order valence-electron chi connectivity index (χ0n) is 11.0. The van der Waals surface area contributed by atoms with Crippen LogP contribution in [0.1, 0.15) is 39.5 Å². The second-order valence-corrected chi connectivity index (χ2v) is 6.68. The molecule has 1 heteroatoms. The third kappa shape index (κ3) is 1.48. The summed E-state index contributed by atoms with van der Waals surface area (Å²) in [5.74, 6) is 2.85. The van der Waals surface area contributed by atoms with Crippen molar-refractivity contribution in [1.82, 2.24) is 4.90 Å². The highest BCUT2D eigenvalue weighted by atomic mass is 15.1. The lowest BCUT2D eigenvalue weighted by atomic mass is 9.57. The number of hydrogen-bond donors (Lipinski definition) is 0. The first kappa shape index (κ1) is 10.8.